The molecular formula is C24H40N4O2. The van der Waals surface area contributed by atoms with Crippen LogP contribution >= 0.6 is 0 Å². The molecule has 1 amide bonds. The van der Waals surface area contributed by atoms with Crippen LogP contribution in [0.3, 0.4) is 0 Å². The van der Waals surface area contributed by atoms with Gasteiger partial charge in [-0.15, -0.1) is 0 Å². The van der Waals surface area contributed by atoms with Crippen LogP contribution in [0.2, 0.25) is 0 Å². The van der Waals surface area contributed by atoms with E-state index in [0.29, 0.717) is 18.4 Å². The fourth-order valence-electron chi connectivity index (χ4n) is 4.09. The van der Waals surface area contributed by atoms with Gasteiger partial charge in [-0.25, -0.2) is 4.99 Å². The Kier molecular flexibility index (Phi) is 10.7. The molecule has 0 bridgehead atoms. The van der Waals surface area contributed by atoms with Crippen LogP contribution in [0.25, 0.3) is 0 Å². The van der Waals surface area contributed by atoms with Gasteiger partial charge in [-0.3, -0.25) is 4.79 Å². The summed E-state index contributed by atoms with van der Waals surface area (Å²) in [6.07, 6.45) is 6.19. The van der Waals surface area contributed by atoms with Gasteiger partial charge in [0, 0.05) is 31.3 Å². The van der Waals surface area contributed by atoms with Crippen LogP contribution < -0.4 is 16.0 Å². The summed E-state index contributed by atoms with van der Waals surface area (Å²) < 4.78 is 0. The van der Waals surface area contributed by atoms with Gasteiger partial charge in [0.2, 0.25) is 5.91 Å². The Labute approximate surface area is 181 Å². The molecule has 1 saturated carbocycles. The van der Waals surface area contributed by atoms with Gasteiger partial charge in [0.05, 0.1) is 6.54 Å². The summed E-state index contributed by atoms with van der Waals surface area (Å²) in [6, 6.07) is 7.95. The second-order valence-electron chi connectivity index (χ2n) is 8.75. The molecule has 168 valence electrons. The van der Waals surface area contributed by atoms with Crippen LogP contribution in [0.4, 0.5) is 5.69 Å². The highest BCUT2D eigenvalue weighted by molar-refractivity contribution is 5.92. The summed E-state index contributed by atoms with van der Waals surface area (Å²) in [5, 5.41) is 19.1. The molecule has 0 spiro atoms. The van der Waals surface area contributed by atoms with E-state index in [2.05, 4.69) is 36.7 Å². The highest BCUT2D eigenvalue weighted by Gasteiger charge is 2.22. The number of rotatable bonds is 11. The fourth-order valence-corrected chi connectivity index (χ4v) is 4.09. The number of nitrogens with one attached hydrogen (secondary N) is 3. The van der Waals surface area contributed by atoms with Crippen molar-refractivity contribution in [2.45, 2.75) is 65.8 Å². The monoisotopic (exact) mass is 416 g/mol. The average Bonchev–Trinajstić information content (AvgIpc) is 3.25. The Balaban J connectivity index is 1.93. The first-order chi connectivity index (χ1) is 14.5. The summed E-state index contributed by atoms with van der Waals surface area (Å²) in [5.74, 6) is 2.11. The van der Waals surface area contributed by atoms with E-state index < -0.39 is 0 Å². The van der Waals surface area contributed by atoms with Crippen LogP contribution in [0.5, 0.6) is 0 Å². The van der Waals surface area contributed by atoms with Gasteiger partial charge in [-0.05, 0) is 62.1 Å². The first-order valence-electron chi connectivity index (χ1n) is 11.5. The largest absolute Gasteiger partial charge is 0.396 e. The number of amides is 1. The Bertz CT molecular complexity index is 669. The number of carbonyl (C=O) groups is 1. The van der Waals surface area contributed by atoms with E-state index in [0.717, 1.165) is 68.8 Å². The zero-order valence-electron chi connectivity index (χ0n) is 18.9. The molecule has 1 unspecified atom stereocenters. The van der Waals surface area contributed by atoms with Crippen LogP contribution in [0.15, 0.2) is 29.3 Å². The van der Waals surface area contributed by atoms with Gasteiger partial charge in [0.25, 0.3) is 0 Å². The minimum Gasteiger partial charge on any atom is -0.396 e. The maximum atomic E-state index is 12.4. The molecule has 1 aliphatic rings. The summed E-state index contributed by atoms with van der Waals surface area (Å²) in [7, 11) is 0. The van der Waals surface area contributed by atoms with Crippen molar-refractivity contribution >= 4 is 17.6 Å². The van der Waals surface area contributed by atoms with Crippen molar-refractivity contribution in [3.05, 3.63) is 29.8 Å². The molecule has 1 aliphatic carbocycles. The van der Waals surface area contributed by atoms with Crippen LogP contribution in [-0.4, -0.2) is 36.7 Å². The zero-order chi connectivity index (χ0) is 21.8. The topological polar surface area (TPSA) is 85.8 Å². The van der Waals surface area contributed by atoms with Gasteiger partial charge in [0.1, 0.15) is 0 Å². The second-order valence-corrected chi connectivity index (χ2v) is 8.75. The number of aliphatic imine (C=N–C) groups is 1. The van der Waals surface area contributed by atoms with E-state index in [4.69, 9.17) is 4.99 Å². The molecule has 4 N–H and O–H groups in total. The lowest BCUT2D eigenvalue weighted by molar-refractivity contribution is -0.119. The van der Waals surface area contributed by atoms with Gasteiger partial charge >= 0.3 is 0 Å². The minimum atomic E-state index is 0.142. The Morgan fingerprint density at radius 1 is 1.23 bits per heavy atom. The lowest BCUT2D eigenvalue weighted by Crippen LogP contribution is -2.40. The number of guanidine groups is 1. The maximum absolute atomic E-state index is 12.4. The van der Waals surface area contributed by atoms with Crippen LogP contribution in [0, 0.1) is 17.8 Å². The number of aliphatic hydroxyl groups is 1. The molecule has 6 nitrogen and oxygen atoms in total. The summed E-state index contributed by atoms with van der Waals surface area (Å²) in [5.41, 5.74) is 1.91. The van der Waals surface area contributed by atoms with Crippen molar-refractivity contribution in [3.8, 4) is 0 Å². The third-order valence-electron chi connectivity index (χ3n) is 5.58. The first-order valence-corrected chi connectivity index (χ1v) is 11.5. The molecule has 1 atom stereocenters. The van der Waals surface area contributed by atoms with Crippen LogP contribution in [0.1, 0.15) is 64.9 Å². The molecule has 0 aromatic heterocycles. The first kappa shape index (κ1) is 24.2. The van der Waals surface area contributed by atoms with E-state index in [9.17, 15) is 9.90 Å². The molecule has 30 heavy (non-hydrogen) atoms. The standard InChI is InChI=1S/C24H40N4O2/c1-4-25-24(27-17-20(12-13-29)14-18(2)3)26-16-19-8-7-11-22(15-19)28-23(30)21-9-5-6-10-21/h7-8,11,15,18,20-21,29H,4-6,9-10,12-14,16-17H2,1-3H3,(H,28,30)(H2,25,26,27). The second kappa shape index (κ2) is 13.3. The minimum absolute atomic E-state index is 0.142. The molecule has 0 aliphatic heterocycles. The predicted octanol–water partition coefficient (Wildman–Crippen LogP) is 3.92. The summed E-state index contributed by atoms with van der Waals surface area (Å²) in [6.45, 7) is 8.81. The lowest BCUT2D eigenvalue weighted by atomic mass is 9.94. The van der Waals surface area contributed by atoms with Gasteiger partial charge in [-0.2, -0.15) is 0 Å². The predicted molar refractivity (Wildman–Crippen MR) is 124 cm³/mol. The van der Waals surface area contributed by atoms with Gasteiger partial charge in [0.15, 0.2) is 5.96 Å². The Hall–Kier alpha value is -2.08. The van der Waals surface area contributed by atoms with Gasteiger partial charge < -0.3 is 21.1 Å². The lowest BCUT2D eigenvalue weighted by Gasteiger charge is -2.20. The molecule has 1 fully saturated rings. The van der Waals surface area contributed by atoms with E-state index in [-0.39, 0.29) is 18.4 Å². The number of hydrogen-bond acceptors (Lipinski definition) is 3. The molecule has 2 rings (SSSR count). The number of nitrogens with zero attached hydrogens (tertiary/aromatic N) is 1. The van der Waals surface area contributed by atoms with E-state index in [1.54, 1.807) is 0 Å². The molecule has 0 saturated heterocycles. The van der Waals surface area contributed by atoms with Crippen LogP contribution in [-0.2, 0) is 11.3 Å². The summed E-state index contributed by atoms with van der Waals surface area (Å²) in [4.78, 5) is 17.1. The van der Waals surface area contributed by atoms with E-state index in [1.165, 1.54) is 0 Å². The quantitative estimate of drug-likeness (QED) is 0.325. The van der Waals surface area contributed by atoms with Crippen molar-refractivity contribution in [2.75, 3.05) is 25.0 Å². The maximum Gasteiger partial charge on any atom is 0.227 e. The number of aliphatic hydroxyl groups excluding tert-OH is 1. The summed E-state index contributed by atoms with van der Waals surface area (Å²) >= 11 is 0. The molecule has 0 heterocycles. The Morgan fingerprint density at radius 3 is 2.67 bits per heavy atom. The number of hydrogen-bond donors (Lipinski definition) is 4. The third kappa shape index (κ3) is 8.74. The van der Waals surface area contributed by atoms with Crippen molar-refractivity contribution < 1.29 is 9.90 Å². The molecular weight excluding hydrogens is 376 g/mol. The molecule has 0 radical (unpaired) electrons. The third-order valence-corrected chi connectivity index (χ3v) is 5.58. The molecule has 1 aromatic rings. The highest BCUT2D eigenvalue weighted by Crippen LogP contribution is 2.26. The van der Waals surface area contributed by atoms with Crippen molar-refractivity contribution in [2.24, 2.45) is 22.7 Å². The van der Waals surface area contributed by atoms with Crippen molar-refractivity contribution in [1.82, 2.24) is 10.6 Å². The zero-order valence-corrected chi connectivity index (χ0v) is 18.9. The SMILES string of the molecule is CCNC(=NCc1cccc(NC(=O)C2CCCC2)c1)NCC(CCO)CC(C)C. The van der Waals surface area contributed by atoms with E-state index in [1.807, 2.05) is 24.3 Å². The molecule has 6 heteroatoms. The number of carbonyl (C=O) groups excluding carboxylic acids is 1. The normalized spacial score (nSPS) is 16.0. The van der Waals surface area contributed by atoms with Gasteiger partial charge in [-0.1, -0.05) is 38.8 Å². The number of benzene rings is 1. The smallest absolute Gasteiger partial charge is 0.227 e. The van der Waals surface area contributed by atoms with E-state index >= 15 is 0 Å². The highest BCUT2D eigenvalue weighted by atomic mass is 16.3. The average molecular weight is 417 g/mol. The fraction of sp³-hybridized carbons (Fsp3) is 0.667. The Morgan fingerprint density at radius 2 is 2.00 bits per heavy atom. The number of anilines is 1. The van der Waals surface area contributed by atoms with Crippen molar-refractivity contribution in [1.29, 1.82) is 0 Å². The van der Waals surface area contributed by atoms with Crippen molar-refractivity contribution in [3.63, 3.8) is 0 Å². The molecule has 1 aromatic carbocycles.